The number of aryl methyl sites for hydroxylation is 1. The molecule has 2 aromatic heterocycles. The Hall–Kier alpha value is -2.21. The number of amides is 1. The van der Waals surface area contributed by atoms with Crippen LogP contribution in [0.3, 0.4) is 0 Å². The maximum absolute atomic E-state index is 13.1. The number of fused-ring (bicyclic) bond motifs is 2. The number of rotatable bonds is 3. The van der Waals surface area contributed by atoms with Gasteiger partial charge in [0.25, 0.3) is 5.91 Å². The predicted octanol–water partition coefficient (Wildman–Crippen LogP) is 1.60. The molecule has 0 saturated carbocycles. The van der Waals surface area contributed by atoms with Crippen LogP contribution >= 0.6 is 0 Å². The molecular weight excluding hydrogens is 302 g/mol. The Labute approximate surface area is 142 Å². The molecule has 0 N–H and O–H groups in total. The van der Waals surface area contributed by atoms with E-state index in [0.717, 1.165) is 61.4 Å². The summed E-state index contributed by atoms with van der Waals surface area (Å²) in [5, 5.41) is 4.46. The van der Waals surface area contributed by atoms with E-state index >= 15 is 0 Å². The van der Waals surface area contributed by atoms with Crippen molar-refractivity contribution in [2.45, 2.75) is 25.8 Å². The second-order valence-electron chi connectivity index (χ2n) is 7.06. The number of anilines is 1. The zero-order chi connectivity index (χ0) is 16.7. The van der Waals surface area contributed by atoms with Crippen LogP contribution in [0.4, 0.5) is 5.69 Å². The lowest BCUT2D eigenvalue weighted by atomic mass is 9.93. The van der Waals surface area contributed by atoms with E-state index in [9.17, 15) is 4.79 Å². The average molecular weight is 325 g/mol. The van der Waals surface area contributed by atoms with Crippen molar-refractivity contribution >= 4 is 11.6 Å². The Morgan fingerprint density at radius 2 is 2.21 bits per heavy atom. The van der Waals surface area contributed by atoms with Gasteiger partial charge in [0.1, 0.15) is 0 Å². The van der Waals surface area contributed by atoms with Crippen molar-refractivity contribution in [2.75, 3.05) is 32.1 Å². The lowest BCUT2D eigenvalue weighted by Crippen LogP contribution is -2.32. The number of nitrogens with zero attached hydrogens (tertiary/aromatic N) is 5. The van der Waals surface area contributed by atoms with E-state index in [2.05, 4.69) is 29.1 Å². The van der Waals surface area contributed by atoms with Crippen LogP contribution in [0.15, 0.2) is 24.7 Å². The second-order valence-corrected chi connectivity index (χ2v) is 7.06. The summed E-state index contributed by atoms with van der Waals surface area (Å²) in [7, 11) is 4.21. The summed E-state index contributed by atoms with van der Waals surface area (Å²) in [5.74, 6) is 0.664. The summed E-state index contributed by atoms with van der Waals surface area (Å²) >= 11 is 0. The van der Waals surface area contributed by atoms with E-state index in [4.69, 9.17) is 0 Å². The quantitative estimate of drug-likeness (QED) is 0.860. The van der Waals surface area contributed by atoms with E-state index in [1.165, 1.54) is 0 Å². The van der Waals surface area contributed by atoms with Gasteiger partial charge in [-0.2, -0.15) is 5.10 Å². The van der Waals surface area contributed by atoms with Gasteiger partial charge in [-0.1, -0.05) is 0 Å². The minimum absolute atomic E-state index is 0.0757. The lowest BCUT2D eigenvalue weighted by molar-refractivity contribution is 0.0987. The Bertz CT molecular complexity index is 767. The molecule has 1 amide bonds. The third kappa shape index (κ3) is 2.60. The van der Waals surface area contributed by atoms with Crippen LogP contribution in [0, 0.1) is 5.92 Å². The second kappa shape index (κ2) is 6.02. The lowest BCUT2D eigenvalue weighted by Gasteiger charge is -2.27. The van der Waals surface area contributed by atoms with Gasteiger partial charge in [0.05, 0.1) is 23.1 Å². The van der Waals surface area contributed by atoms with Gasteiger partial charge in [-0.25, -0.2) is 0 Å². The molecular formula is C18H23N5O. The van der Waals surface area contributed by atoms with Gasteiger partial charge < -0.3 is 9.80 Å². The van der Waals surface area contributed by atoms with E-state index < -0.39 is 0 Å². The number of hydrogen-bond acceptors (Lipinski definition) is 4. The molecule has 6 heteroatoms. The molecule has 2 aliphatic rings. The van der Waals surface area contributed by atoms with Crippen LogP contribution in [-0.4, -0.2) is 52.8 Å². The van der Waals surface area contributed by atoms with E-state index in [1.807, 2.05) is 21.8 Å². The van der Waals surface area contributed by atoms with Crippen LogP contribution in [0.5, 0.6) is 0 Å². The van der Waals surface area contributed by atoms with Crippen LogP contribution < -0.4 is 4.90 Å². The van der Waals surface area contributed by atoms with Crippen molar-refractivity contribution < 1.29 is 4.79 Å². The monoisotopic (exact) mass is 325 g/mol. The van der Waals surface area contributed by atoms with Gasteiger partial charge >= 0.3 is 0 Å². The number of carbonyl (C=O) groups is 1. The molecule has 0 saturated heterocycles. The van der Waals surface area contributed by atoms with E-state index in [0.29, 0.717) is 5.92 Å². The first-order valence-corrected chi connectivity index (χ1v) is 8.57. The molecule has 0 fully saturated rings. The Kier molecular flexibility index (Phi) is 3.84. The Morgan fingerprint density at radius 1 is 1.33 bits per heavy atom. The molecule has 0 radical (unpaired) electrons. The zero-order valence-corrected chi connectivity index (χ0v) is 14.3. The molecule has 6 nitrogen and oxygen atoms in total. The SMILES string of the molecule is CN(C)C[C@@H]1CCn2ncc(C(=O)N3CCc4cnccc43)c2C1. The molecule has 2 aromatic rings. The summed E-state index contributed by atoms with van der Waals surface area (Å²) in [6.45, 7) is 2.68. The highest BCUT2D eigenvalue weighted by Gasteiger charge is 2.31. The van der Waals surface area contributed by atoms with Gasteiger partial charge in [-0.15, -0.1) is 0 Å². The fraction of sp³-hybridized carbons (Fsp3) is 0.500. The van der Waals surface area contributed by atoms with Crippen LogP contribution in [0.25, 0.3) is 0 Å². The molecule has 0 unspecified atom stereocenters. The van der Waals surface area contributed by atoms with Crippen molar-refractivity contribution in [3.8, 4) is 0 Å². The molecule has 4 rings (SSSR count). The maximum Gasteiger partial charge on any atom is 0.261 e. The highest BCUT2D eigenvalue weighted by Crippen LogP contribution is 2.30. The molecule has 24 heavy (non-hydrogen) atoms. The standard InChI is InChI=1S/C18H23N5O/c1-21(2)12-13-4-8-23-17(9-13)15(11-20-23)18(24)22-7-5-14-10-19-6-3-16(14)22/h3,6,10-11,13H,4-5,7-9,12H2,1-2H3/t13-/m1/s1. The van der Waals surface area contributed by atoms with Gasteiger partial charge in [0, 0.05) is 32.0 Å². The normalized spacial score (nSPS) is 19.5. The van der Waals surface area contributed by atoms with Crippen molar-refractivity contribution in [3.05, 3.63) is 41.5 Å². The molecule has 0 bridgehead atoms. The fourth-order valence-corrected chi connectivity index (χ4v) is 3.93. The third-order valence-corrected chi connectivity index (χ3v) is 5.05. The summed E-state index contributed by atoms with van der Waals surface area (Å²) in [5.41, 5.74) is 4.01. The van der Waals surface area contributed by atoms with Crippen molar-refractivity contribution in [3.63, 3.8) is 0 Å². The fourth-order valence-electron chi connectivity index (χ4n) is 3.93. The smallest absolute Gasteiger partial charge is 0.261 e. The third-order valence-electron chi connectivity index (χ3n) is 5.05. The molecule has 0 aromatic carbocycles. The number of carbonyl (C=O) groups excluding carboxylic acids is 1. The largest absolute Gasteiger partial charge is 0.309 e. The summed E-state index contributed by atoms with van der Waals surface area (Å²) in [6, 6.07) is 1.94. The summed E-state index contributed by atoms with van der Waals surface area (Å²) in [4.78, 5) is 21.4. The summed E-state index contributed by atoms with van der Waals surface area (Å²) in [6.07, 6.45) is 8.31. The van der Waals surface area contributed by atoms with Gasteiger partial charge in [-0.05, 0) is 50.9 Å². The van der Waals surface area contributed by atoms with E-state index in [1.54, 1.807) is 12.4 Å². The van der Waals surface area contributed by atoms with Crippen LogP contribution in [0.1, 0.15) is 28.0 Å². The highest BCUT2D eigenvalue weighted by atomic mass is 16.2. The predicted molar refractivity (Wildman–Crippen MR) is 92.2 cm³/mol. The average Bonchev–Trinajstić information content (AvgIpc) is 3.17. The molecule has 126 valence electrons. The minimum Gasteiger partial charge on any atom is -0.309 e. The summed E-state index contributed by atoms with van der Waals surface area (Å²) < 4.78 is 2.02. The molecule has 2 aliphatic heterocycles. The zero-order valence-electron chi connectivity index (χ0n) is 14.3. The first-order valence-electron chi connectivity index (χ1n) is 8.57. The first kappa shape index (κ1) is 15.3. The first-order chi connectivity index (χ1) is 11.6. The van der Waals surface area contributed by atoms with Crippen molar-refractivity contribution in [1.29, 1.82) is 0 Å². The van der Waals surface area contributed by atoms with Crippen LogP contribution in [0.2, 0.25) is 0 Å². The van der Waals surface area contributed by atoms with Crippen molar-refractivity contribution in [2.24, 2.45) is 5.92 Å². The number of hydrogen-bond donors (Lipinski definition) is 0. The topological polar surface area (TPSA) is 54.3 Å². The van der Waals surface area contributed by atoms with Crippen LogP contribution in [-0.2, 0) is 19.4 Å². The highest BCUT2D eigenvalue weighted by molar-refractivity contribution is 6.07. The number of aromatic nitrogens is 3. The number of pyridine rings is 1. The molecule has 4 heterocycles. The van der Waals surface area contributed by atoms with Gasteiger partial charge in [-0.3, -0.25) is 14.5 Å². The maximum atomic E-state index is 13.1. The minimum atomic E-state index is 0.0757. The molecule has 0 aliphatic carbocycles. The molecule has 0 spiro atoms. The van der Waals surface area contributed by atoms with Crippen molar-refractivity contribution in [1.82, 2.24) is 19.7 Å². The Morgan fingerprint density at radius 3 is 3.04 bits per heavy atom. The van der Waals surface area contributed by atoms with Gasteiger partial charge in [0.2, 0.25) is 0 Å². The van der Waals surface area contributed by atoms with E-state index in [-0.39, 0.29) is 5.91 Å². The molecule has 1 atom stereocenters. The Balaban J connectivity index is 1.60. The van der Waals surface area contributed by atoms with Gasteiger partial charge in [0.15, 0.2) is 0 Å².